The van der Waals surface area contributed by atoms with Crippen molar-refractivity contribution in [2.45, 2.75) is 6.92 Å². The number of rotatable bonds is 3. The number of amides is 2. The number of anilines is 2. The molecular weight excluding hydrogens is 483 g/mol. The average molecular weight is 498 g/mol. The van der Waals surface area contributed by atoms with Crippen LogP contribution < -0.4 is 21.3 Å². The van der Waals surface area contributed by atoms with Gasteiger partial charge < -0.3 is 16.0 Å². The molecule has 0 atom stereocenters. The Labute approximate surface area is 175 Å². The third-order valence-electron chi connectivity index (χ3n) is 3.00. The number of carbonyl (C=O) groups is 2. The molecule has 0 aliphatic rings. The van der Waals surface area contributed by atoms with Crippen molar-refractivity contribution in [3.8, 4) is 0 Å². The summed E-state index contributed by atoms with van der Waals surface area (Å²) in [5.41, 5.74) is 1.95. The summed E-state index contributed by atoms with van der Waals surface area (Å²) in [6.45, 7) is 1.38. The summed E-state index contributed by atoms with van der Waals surface area (Å²) in [6.07, 6.45) is 0. The van der Waals surface area contributed by atoms with Gasteiger partial charge in [-0.1, -0.05) is 6.07 Å². The van der Waals surface area contributed by atoms with E-state index in [-0.39, 0.29) is 22.0 Å². The number of nitrogens with one attached hydrogen (secondary N) is 4. The van der Waals surface area contributed by atoms with Crippen molar-refractivity contribution in [2.75, 3.05) is 10.6 Å². The first-order valence-electron chi connectivity index (χ1n) is 7.40. The molecular formula is C17H15IN4O2S2. The van der Waals surface area contributed by atoms with E-state index in [9.17, 15) is 9.59 Å². The van der Waals surface area contributed by atoms with E-state index in [0.717, 1.165) is 3.57 Å². The Hall–Kier alpha value is -2.11. The van der Waals surface area contributed by atoms with Crippen LogP contribution in [-0.2, 0) is 4.79 Å². The van der Waals surface area contributed by atoms with Gasteiger partial charge in [0, 0.05) is 27.4 Å². The average Bonchev–Trinajstić information content (AvgIpc) is 2.55. The van der Waals surface area contributed by atoms with Crippen LogP contribution in [0.25, 0.3) is 0 Å². The fourth-order valence-electron chi connectivity index (χ4n) is 1.93. The minimum atomic E-state index is -0.278. The van der Waals surface area contributed by atoms with Crippen LogP contribution in [0.15, 0.2) is 48.5 Å². The lowest BCUT2D eigenvalue weighted by atomic mass is 10.2. The van der Waals surface area contributed by atoms with E-state index in [0.29, 0.717) is 16.9 Å². The molecule has 0 aliphatic heterocycles. The Balaban J connectivity index is 1.90. The lowest BCUT2D eigenvalue weighted by Crippen LogP contribution is -2.34. The Morgan fingerprint density at radius 1 is 0.885 bits per heavy atom. The Morgan fingerprint density at radius 3 is 1.92 bits per heavy atom. The number of hydrogen-bond acceptors (Lipinski definition) is 4. The summed E-state index contributed by atoms with van der Waals surface area (Å²) in [6, 6.07) is 14.3. The van der Waals surface area contributed by atoms with Crippen LogP contribution in [0.4, 0.5) is 11.4 Å². The molecule has 0 aliphatic carbocycles. The van der Waals surface area contributed by atoms with Crippen LogP contribution in [0.5, 0.6) is 0 Å². The zero-order valence-corrected chi connectivity index (χ0v) is 17.4. The number of halogens is 1. The predicted octanol–water partition coefficient (Wildman–Crippen LogP) is 3.25. The monoisotopic (exact) mass is 498 g/mol. The SMILES string of the molecule is CC(=O)NC(=S)Nc1ccc(NC(=S)NC(=O)c2cccc(I)c2)cc1. The van der Waals surface area contributed by atoms with E-state index < -0.39 is 0 Å². The highest BCUT2D eigenvalue weighted by molar-refractivity contribution is 14.1. The molecule has 9 heteroatoms. The van der Waals surface area contributed by atoms with Crippen molar-refractivity contribution >= 4 is 80.4 Å². The van der Waals surface area contributed by atoms with Gasteiger partial charge in [-0.25, -0.2) is 0 Å². The molecule has 2 aromatic rings. The maximum atomic E-state index is 12.2. The van der Waals surface area contributed by atoms with Gasteiger partial charge >= 0.3 is 0 Å². The summed E-state index contributed by atoms with van der Waals surface area (Å²) in [4.78, 5) is 23.1. The van der Waals surface area contributed by atoms with Crippen molar-refractivity contribution in [1.82, 2.24) is 10.6 Å². The lowest BCUT2D eigenvalue weighted by molar-refractivity contribution is -0.117. The Morgan fingerprint density at radius 2 is 1.42 bits per heavy atom. The third kappa shape index (κ3) is 6.65. The largest absolute Gasteiger partial charge is 0.332 e. The second kappa shape index (κ2) is 9.55. The van der Waals surface area contributed by atoms with Crippen molar-refractivity contribution in [2.24, 2.45) is 0 Å². The number of carbonyl (C=O) groups excluding carboxylic acids is 2. The molecule has 2 rings (SSSR count). The second-order valence-corrected chi connectivity index (χ2v) is 7.19. The molecule has 0 spiro atoms. The number of benzene rings is 2. The lowest BCUT2D eigenvalue weighted by Gasteiger charge is -2.11. The summed E-state index contributed by atoms with van der Waals surface area (Å²) < 4.78 is 0.967. The summed E-state index contributed by atoms with van der Waals surface area (Å²) in [5.74, 6) is -0.519. The van der Waals surface area contributed by atoms with E-state index in [2.05, 4.69) is 43.9 Å². The molecule has 2 aromatic carbocycles. The van der Waals surface area contributed by atoms with E-state index in [1.807, 2.05) is 12.1 Å². The van der Waals surface area contributed by atoms with Gasteiger partial charge in [0.2, 0.25) is 5.91 Å². The molecule has 0 aromatic heterocycles. The highest BCUT2D eigenvalue weighted by Crippen LogP contribution is 2.13. The van der Waals surface area contributed by atoms with Gasteiger partial charge in [-0.3, -0.25) is 14.9 Å². The highest BCUT2D eigenvalue weighted by Gasteiger charge is 2.08. The maximum absolute atomic E-state index is 12.2. The van der Waals surface area contributed by atoms with Crippen molar-refractivity contribution < 1.29 is 9.59 Å². The summed E-state index contributed by atoms with van der Waals surface area (Å²) in [5, 5.41) is 11.3. The molecule has 134 valence electrons. The van der Waals surface area contributed by atoms with Gasteiger partial charge in [0.25, 0.3) is 5.91 Å². The van der Waals surface area contributed by atoms with Gasteiger partial charge in [-0.15, -0.1) is 0 Å². The maximum Gasteiger partial charge on any atom is 0.257 e. The zero-order chi connectivity index (χ0) is 19.1. The third-order valence-corrected chi connectivity index (χ3v) is 4.08. The van der Waals surface area contributed by atoms with Gasteiger partial charge in [-0.05, 0) is 89.5 Å². The summed E-state index contributed by atoms with van der Waals surface area (Å²) >= 11 is 12.3. The first-order valence-corrected chi connectivity index (χ1v) is 9.29. The zero-order valence-electron chi connectivity index (χ0n) is 13.6. The van der Waals surface area contributed by atoms with Crippen LogP contribution >= 0.6 is 47.0 Å². The van der Waals surface area contributed by atoms with Crippen LogP contribution in [0.1, 0.15) is 17.3 Å². The van der Waals surface area contributed by atoms with Crippen LogP contribution in [0.2, 0.25) is 0 Å². The smallest absolute Gasteiger partial charge is 0.257 e. The van der Waals surface area contributed by atoms with Gasteiger partial charge in [0.05, 0.1) is 0 Å². The fraction of sp³-hybridized carbons (Fsp3) is 0.0588. The normalized spacial score (nSPS) is 9.77. The molecule has 0 unspecified atom stereocenters. The molecule has 0 saturated heterocycles. The minimum absolute atomic E-state index is 0.198. The van der Waals surface area contributed by atoms with E-state index in [4.69, 9.17) is 24.4 Å². The quantitative estimate of drug-likeness (QED) is 0.385. The van der Waals surface area contributed by atoms with Crippen LogP contribution in [0, 0.1) is 3.57 Å². The molecule has 26 heavy (non-hydrogen) atoms. The van der Waals surface area contributed by atoms with Crippen molar-refractivity contribution in [3.63, 3.8) is 0 Å². The first-order chi connectivity index (χ1) is 12.3. The molecule has 0 radical (unpaired) electrons. The Bertz CT molecular complexity index is 856. The number of thiocarbonyl (C=S) groups is 2. The molecule has 0 fully saturated rings. The van der Waals surface area contributed by atoms with Crippen LogP contribution in [0.3, 0.4) is 0 Å². The molecule has 0 heterocycles. The fourth-order valence-corrected chi connectivity index (χ4v) is 2.94. The minimum Gasteiger partial charge on any atom is -0.332 e. The van der Waals surface area contributed by atoms with E-state index >= 15 is 0 Å². The molecule has 4 N–H and O–H groups in total. The second-order valence-electron chi connectivity index (χ2n) is 5.13. The van der Waals surface area contributed by atoms with Crippen molar-refractivity contribution in [1.29, 1.82) is 0 Å². The molecule has 0 saturated carbocycles. The first kappa shape index (κ1) is 20.2. The highest BCUT2D eigenvalue weighted by atomic mass is 127. The molecule has 6 nitrogen and oxygen atoms in total. The van der Waals surface area contributed by atoms with Gasteiger partial charge in [-0.2, -0.15) is 0 Å². The topological polar surface area (TPSA) is 82.3 Å². The Kier molecular flexibility index (Phi) is 7.42. The van der Waals surface area contributed by atoms with E-state index in [1.165, 1.54) is 6.92 Å². The summed E-state index contributed by atoms with van der Waals surface area (Å²) in [7, 11) is 0. The molecule has 2 amide bonds. The predicted molar refractivity (Wildman–Crippen MR) is 119 cm³/mol. The van der Waals surface area contributed by atoms with Crippen LogP contribution in [-0.4, -0.2) is 22.0 Å². The van der Waals surface area contributed by atoms with Gasteiger partial charge in [0.1, 0.15) is 0 Å². The standard InChI is InChI=1S/C17H15IN4O2S2/c1-10(23)19-16(25)20-13-5-7-14(8-6-13)21-17(26)22-15(24)11-3-2-4-12(18)9-11/h2-9H,1H3,(H2,19,20,23,25)(H2,21,22,24,26). The molecule has 0 bridgehead atoms. The van der Waals surface area contributed by atoms with Crippen molar-refractivity contribution in [3.05, 3.63) is 57.7 Å². The number of hydrogen-bond donors (Lipinski definition) is 4. The van der Waals surface area contributed by atoms with E-state index in [1.54, 1.807) is 36.4 Å². The van der Waals surface area contributed by atoms with Gasteiger partial charge in [0.15, 0.2) is 10.2 Å².